The van der Waals surface area contributed by atoms with E-state index >= 15 is 0 Å². The molecule has 5 nitrogen and oxygen atoms in total. The monoisotopic (exact) mass is 478 g/mol. The van der Waals surface area contributed by atoms with Gasteiger partial charge in [0.2, 0.25) is 6.79 Å². The quantitative estimate of drug-likeness (QED) is 0.476. The fraction of sp³-hybridized carbons (Fsp3) is 0.0909. The summed E-state index contributed by atoms with van der Waals surface area (Å²) in [6.07, 6.45) is 0. The lowest BCUT2D eigenvalue weighted by Gasteiger charge is -2.22. The lowest BCUT2D eigenvalue weighted by atomic mass is 10.1. The van der Waals surface area contributed by atoms with Gasteiger partial charge in [-0.25, -0.2) is 27.0 Å². The van der Waals surface area contributed by atoms with Crippen LogP contribution in [-0.2, 0) is 0 Å². The summed E-state index contributed by atoms with van der Waals surface area (Å²) >= 11 is 0.955. The van der Waals surface area contributed by atoms with Gasteiger partial charge >= 0.3 is 0 Å². The predicted octanol–water partition coefficient (Wildman–Crippen LogP) is 5.36. The van der Waals surface area contributed by atoms with Gasteiger partial charge in [-0.05, 0) is 24.3 Å². The average molecular weight is 478 g/mol. The molecule has 0 radical (unpaired) electrons. The molecule has 168 valence electrons. The van der Waals surface area contributed by atoms with Crippen LogP contribution in [-0.4, -0.2) is 22.8 Å². The first kappa shape index (κ1) is 21.3. The zero-order chi connectivity index (χ0) is 23.3. The molecule has 1 atom stereocenters. The third-order valence-corrected chi connectivity index (χ3v) is 6.15. The molecular weight excluding hydrogens is 467 g/mol. The van der Waals surface area contributed by atoms with Gasteiger partial charge in [0.15, 0.2) is 23.1 Å². The van der Waals surface area contributed by atoms with E-state index in [1.165, 1.54) is 6.07 Å². The second kappa shape index (κ2) is 8.07. The van der Waals surface area contributed by atoms with E-state index in [9.17, 15) is 26.7 Å². The number of hydrogen-bond donors (Lipinski definition) is 0. The van der Waals surface area contributed by atoms with Crippen LogP contribution in [0.15, 0.2) is 53.6 Å². The Balaban J connectivity index is 1.62. The van der Waals surface area contributed by atoms with Gasteiger partial charge in [0.25, 0.3) is 5.91 Å². The second-order valence-corrected chi connectivity index (χ2v) is 8.05. The molecule has 1 unspecified atom stereocenters. The third kappa shape index (κ3) is 3.67. The molecule has 3 aromatic carbocycles. The summed E-state index contributed by atoms with van der Waals surface area (Å²) in [6.45, 7) is -0.0736. The molecule has 33 heavy (non-hydrogen) atoms. The van der Waals surface area contributed by atoms with Crippen LogP contribution < -0.4 is 9.47 Å². The highest BCUT2D eigenvalue weighted by Gasteiger charge is 2.39. The van der Waals surface area contributed by atoms with E-state index in [2.05, 4.69) is 5.10 Å². The summed E-state index contributed by atoms with van der Waals surface area (Å²) in [4.78, 5) is 13.2. The highest BCUT2D eigenvalue weighted by Crippen LogP contribution is 2.49. The summed E-state index contributed by atoms with van der Waals surface area (Å²) in [7, 11) is 0. The van der Waals surface area contributed by atoms with Gasteiger partial charge in [0, 0.05) is 23.3 Å². The van der Waals surface area contributed by atoms with Crippen LogP contribution in [0.4, 0.5) is 22.0 Å². The summed E-state index contributed by atoms with van der Waals surface area (Å²) < 4.78 is 80.1. The molecule has 0 N–H and O–H groups in total. The highest BCUT2D eigenvalue weighted by atomic mass is 32.2. The average Bonchev–Trinajstić information content (AvgIpc) is 3.42. The number of para-hydroxylation sites is 1. The van der Waals surface area contributed by atoms with Crippen LogP contribution in [0.1, 0.15) is 26.9 Å². The maximum absolute atomic E-state index is 14.4. The molecular formula is C22H11F5N2O3S. The van der Waals surface area contributed by atoms with Crippen LogP contribution in [0.3, 0.4) is 0 Å². The molecule has 0 fully saturated rings. The fourth-order valence-electron chi connectivity index (χ4n) is 3.44. The molecule has 3 aromatic rings. The van der Waals surface area contributed by atoms with Crippen molar-refractivity contribution in [2.45, 2.75) is 5.37 Å². The topological polar surface area (TPSA) is 51.1 Å². The van der Waals surface area contributed by atoms with Crippen molar-refractivity contribution in [3.63, 3.8) is 0 Å². The molecule has 0 aromatic heterocycles. The minimum atomic E-state index is -1.41. The number of fused-ring (bicyclic) bond motifs is 1. The summed E-state index contributed by atoms with van der Waals surface area (Å²) in [5, 5.41) is 4.02. The number of carbonyl (C=O) groups is 1. The molecule has 0 spiro atoms. The Bertz CT molecular complexity index is 1310. The van der Waals surface area contributed by atoms with E-state index in [4.69, 9.17) is 9.47 Å². The smallest absolute Gasteiger partial charge is 0.281 e. The van der Waals surface area contributed by atoms with Crippen LogP contribution in [0.5, 0.6) is 11.5 Å². The minimum Gasteiger partial charge on any atom is -0.454 e. The largest absolute Gasteiger partial charge is 0.454 e. The molecule has 5 rings (SSSR count). The number of benzene rings is 3. The van der Waals surface area contributed by atoms with Crippen molar-refractivity contribution in [1.82, 2.24) is 5.01 Å². The molecule has 11 heteroatoms. The van der Waals surface area contributed by atoms with E-state index in [1.54, 1.807) is 18.2 Å². The Kier molecular flexibility index (Phi) is 5.20. The van der Waals surface area contributed by atoms with Crippen molar-refractivity contribution >= 4 is 22.7 Å². The summed E-state index contributed by atoms with van der Waals surface area (Å²) in [6, 6.07) is 8.66. The zero-order valence-corrected chi connectivity index (χ0v) is 17.1. The molecule has 2 aliphatic heterocycles. The van der Waals surface area contributed by atoms with E-state index in [0.717, 1.165) is 28.9 Å². The van der Waals surface area contributed by atoms with Gasteiger partial charge in [-0.15, -0.1) is 0 Å². The van der Waals surface area contributed by atoms with Gasteiger partial charge in [-0.3, -0.25) is 4.79 Å². The van der Waals surface area contributed by atoms with Crippen molar-refractivity contribution in [3.8, 4) is 11.5 Å². The fourth-order valence-corrected chi connectivity index (χ4v) is 4.60. The lowest BCUT2D eigenvalue weighted by Crippen LogP contribution is -2.28. The van der Waals surface area contributed by atoms with Gasteiger partial charge in [0.1, 0.15) is 33.4 Å². The molecule has 0 aliphatic carbocycles. The van der Waals surface area contributed by atoms with E-state index in [1.807, 2.05) is 0 Å². The maximum Gasteiger partial charge on any atom is 0.281 e. The number of hydrazone groups is 1. The third-order valence-electron chi connectivity index (χ3n) is 4.93. The molecule has 2 heterocycles. The number of rotatable bonds is 3. The second-order valence-electron chi connectivity index (χ2n) is 6.98. The van der Waals surface area contributed by atoms with E-state index in [0.29, 0.717) is 29.2 Å². The number of hydrogen-bond acceptors (Lipinski definition) is 5. The number of halogens is 5. The standard InChI is InChI=1S/C22H11F5N2O3S/c23-11-7-15(26)18(16(27)8-11)21(30)29-22(12-2-1-3-17-19(12)32-9-31-17)33-20(28-29)10-4-5-13(24)14(25)6-10/h1-8,22H,9H2. The van der Waals surface area contributed by atoms with Crippen LogP contribution >= 0.6 is 11.8 Å². The van der Waals surface area contributed by atoms with Crippen molar-refractivity contribution in [2.75, 3.05) is 6.79 Å². The van der Waals surface area contributed by atoms with Crippen molar-refractivity contribution in [3.05, 3.63) is 94.3 Å². The Morgan fingerprint density at radius 1 is 0.939 bits per heavy atom. The van der Waals surface area contributed by atoms with Crippen LogP contribution in [0.2, 0.25) is 0 Å². The lowest BCUT2D eigenvalue weighted by molar-refractivity contribution is 0.0737. The number of carbonyl (C=O) groups excluding carboxylic acids is 1. The predicted molar refractivity (Wildman–Crippen MR) is 108 cm³/mol. The molecule has 0 saturated carbocycles. The first-order valence-corrected chi connectivity index (χ1v) is 10.3. The van der Waals surface area contributed by atoms with Gasteiger partial charge in [-0.2, -0.15) is 5.10 Å². The van der Waals surface area contributed by atoms with Gasteiger partial charge in [0.05, 0.1) is 0 Å². The number of thioether (sulfide) groups is 1. The van der Waals surface area contributed by atoms with Crippen molar-refractivity contribution in [1.29, 1.82) is 0 Å². The van der Waals surface area contributed by atoms with Crippen LogP contribution in [0.25, 0.3) is 0 Å². The first-order valence-electron chi connectivity index (χ1n) is 9.41. The molecule has 0 saturated heterocycles. The molecule has 0 bridgehead atoms. The number of ether oxygens (including phenoxy) is 2. The molecule has 2 aliphatic rings. The Labute approximate surface area is 187 Å². The van der Waals surface area contributed by atoms with Crippen LogP contribution in [0, 0.1) is 29.1 Å². The van der Waals surface area contributed by atoms with E-state index < -0.39 is 45.9 Å². The van der Waals surface area contributed by atoms with Crippen molar-refractivity contribution < 1.29 is 36.2 Å². The number of nitrogens with zero attached hydrogens (tertiary/aromatic N) is 2. The summed E-state index contributed by atoms with van der Waals surface area (Å²) in [5.41, 5.74) is -0.473. The Hall–Kier alpha value is -3.60. The number of amides is 1. The normalized spacial score (nSPS) is 16.8. The maximum atomic E-state index is 14.4. The van der Waals surface area contributed by atoms with Gasteiger partial charge in [-0.1, -0.05) is 23.9 Å². The zero-order valence-electron chi connectivity index (χ0n) is 16.3. The van der Waals surface area contributed by atoms with Crippen molar-refractivity contribution in [2.24, 2.45) is 5.10 Å². The molecule has 1 amide bonds. The Morgan fingerprint density at radius 2 is 1.70 bits per heavy atom. The summed E-state index contributed by atoms with van der Waals surface area (Å²) in [5.74, 6) is -6.72. The first-order chi connectivity index (χ1) is 15.8. The van der Waals surface area contributed by atoms with E-state index in [-0.39, 0.29) is 17.4 Å². The highest BCUT2D eigenvalue weighted by molar-refractivity contribution is 8.14. The SMILES string of the molecule is O=C(c1c(F)cc(F)cc1F)N1N=C(c2ccc(F)c(F)c2)SC1c1cccc2c1OCO2. The minimum absolute atomic E-state index is 0.0736. The van der Waals surface area contributed by atoms with Gasteiger partial charge < -0.3 is 9.47 Å². The Morgan fingerprint density at radius 3 is 2.42 bits per heavy atom.